The van der Waals surface area contributed by atoms with Gasteiger partial charge in [0.25, 0.3) is 5.91 Å². The van der Waals surface area contributed by atoms with Crippen LogP contribution in [0.3, 0.4) is 0 Å². The number of thiocarbonyl (C=S) groups is 1. The minimum Gasteiger partial charge on any atom is -0.497 e. The van der Waals surface area contributed by atoms with Crippen LogP contribution in [0.5, 0.6) is 11.5 Å². The normalized spacial score (nSPS) is 9.96. The Morgan fingerprint density at radius 1 is 1.04 bits per heavy atom. The summed E-state index contributed by atoms with van der Waals surface area (Å²) in [4.78, 5) is 23.8. The molecule has 0 fully saturated rings. The van der Waals surface area contributed by atoms with Crippen molar-refractivity contribution < 1.29 is 19.1 Å². The van der Waals surface area contributed by atoms with Crippen LogP contribution in [0.15, 0.2) is 51.4 Å². The van der Waals surface area contributed by atoms with Gasteiger partial charge in [0.05, 0.1) is 18.0 Å². The van der Waals surface area contributed by atoms with Crippen LogP contribution in [0.4, 0.5) is 0 Å². The number of hydrazine groups is 1. The van der Waals surface area contributed by atoms with Crippen molar-refractivity contribution >= 4 is 61.0 Å². The zero-order valence-corrected chi connectivity index (χ0v) is 18.7. The first-order valence-corrected chi connectivity index (χ1v) is 9.96. The third-order valence-electron chi connectivity index (χ3n) is 3.34. The van der Waals surface area contributed by atoms with E-state index in [0.29, 0.717) is 16.0 Å². The number of carbonyl (C=O) groups is 2. The summed E-state index contributed by atoms with van der Waals surface area (Å²) >= 11 is 11.7. The molecule has 0 aliphatic rings. The Morgan fingerprint density at radius 3 is 2.39 bits per heavy atom. The quantitative estimate of drug-likeness (QED) is 0.393. The van der Waals surface area contributed by atoms with Crippen molar-refractivity contribution in [1.82, 2.24) is 16.2 Å². The number of methoxy groups -OCH3 is 1. The molecular weight excluding hydrogens is 514 g/mol. The number of benzene rings is 2. The van der Waals surface area contributed by atoms with E-state index in [1.165, 1.54) is 0 Å². The number of ether oxygens (including phenoxy) is 2. The molecule has 7 nitrogen and oxygen atoms in total. The molecule has 148 valence electrons. The van der Waals surface area contributed by atoms with Crippen molar-refractivity contribution in [1.29, 1.82) is 0 Å². The predicted molar refractivity (Wildman–Crippen MR) is 116 cm³/mol. The van der Waals surface area contributed by atoms with E-state index in [9.17, 15) is 9.59 Å². The van der Waals surface area contributed by atoms with Gasteiger partial charge in [0.2, 0.25) is 5.91 Å². The molecule has 2 amide bonds. The standard InChI is InChI=1S/C18H17Br2N3O4S/c1-26-13-5-2-11(3-6-13)8-16(24)21-18(28)23-22-17(25)10-27-15-7-4-12(19)9-14(15)20/h2-7,9H,8,10H2,1H3,(H,22,25)(H2,21,23,24,28). The second-order valence-electron chi connectivity index (χ2n) is 5.44. The highest BCUT2D eigenvalue weighted by Crippen LogP contribution is 2.28. The lowest BCUT2D eigenvalue weighted by atomic mass is 10.1. The Balaban J connectivity index is 1.70. The molecule has 0 saturated carbocycles. The van der Waals surface area contributed by atoms with Crippen molar-refractivity contribution in [3.05, 3.63) is 57.0 Å². The Hall–Kier alpha value is -2.17. The number of hydrogen-bond donors (Lipinski definition) is 3. The first kappa shape index (κ1) is 22.1. The topological polar surface area (TPSA) is 88.7 Å². The Kier molecular flexibility index (Phi) is 8.68. The monoisotopic (exact) mass is 529 g/mol. The molecule has 0 aliphatic heterocycles. The zero-order chi connectivity index (χ0) is 20.5. The van der Waals surface area contributed by atoms with E-state index in [2.05, 4.69) is 48.0 Å². The van der Waals surface area contributed by atoms with Crippen molar-refractivity contribution in [3.63, 3.8) is 0 Å². The molecule has 0 aromatic heterocycles. The second kappa shape index (κ2) is 11.0. The molecule has 0 atom stereocenters. The van der Waals surface area contributed by atoms with E-state index in [4.69, 9.17) is 21.7 Å². The fourth-order valence-electron chi connectivity index (χ4n) is 2.03. The Labute approximate surface area is 184 Å². The predicted octanol–water partition coefficient (Wildman–Crippen LogP) is 2.86. The highest BCUT2D eigenvalue weighted by molar-refractivity contribution is 9.11. The van der Waals surface area contributed by atoms with E-state index in [0.717, 1.165) is 10.0 Å². The van der Waals surface area contributed by atoms with Crippen LogP contribution in [0, 0.1) is 0 Å². The number of rotatable bonds is 6. The molecule has 0 bridgehead atoms. The van der Waals surface area contributed by atoms with Crippen LogP contribution in [0.25, 0.3) is 0 Å². The van der Waals surface area contributed by atoms with E-state index in [-0.39, 0.29) is 24.0 Å². The minimum absolute atomic E-state index is 0.0170. The Morgan fingerprint density at radius 2 is 1.75 bits per heavy atom. The van der Waals surface area contributed by atoms with Crippen LogP contribution in [-0.4, -0.2) is 30.6 Å². The van der Waals surface area contributed by atoms with Crippen molar-refractivity contribution in [3.8, 4) is 11.5 Å². The molecule has 0 heterocycles. The maximum absolute atomic E-state index is 12.0. The van der Waals surface area contributed by atoms with Crippen molar-refractivity contribution in [2.45, 2.75) is 6.42 Å². The van der Waals surface area contributed by atoms with Gasteiger partial charge in [-0.05, 0) is 64.0 Å². The van der Waals surface area contributed by atoms with Gasteiger partial charge in [0.15, 0.2) is 11.7 Å². The average molecular weight is 531 g/mol. The van der Waals surface area contributed by atoms with Crippen LogP contribution >= 0.6 is 44.1 Å². The molecule has 2 aromatic rings. The van der Waals surface area contributed by atoms with Gasteiger partial charge in [-0.3, -0.25) is 20.4 Å². The fourth-order valence-corrected chi connectivity index (χ4v) is 3.36. The number of nitrogens with one attached hydrogen (secondary N) is 3. The van der Waals surface area contributed by atoms with E-state index in [1.54, 1.807) is 49.6 Å². The summed E-state index contributed by atoms with van der Waals surface area (Å²) in [6.07, 6.45) is 0.139. The summed E-state index contributed by atoms with van der Waals surface area (Å²) in [5, 5.41) is 2.47. The molecule has 3 N–H and O–H groups in total. The van der Waals surface area contributed by atoms with Crippen molar-refractivity contribution in [2.24, 2.45) is 0 Å². The van der Waals surface area contributed by atoms with Gasteiger partial charge in [0, 0.05) is 4.47 Å². The first-order chi connectivity index (χ1) is 13.4. The van der Waals surface area contributed by atoms with Crippen LogP contribution < -0.4 is 25.6 Å². The van der Waals surface area contributed by atoms with E-state index >= 15 is 0 Å². The van der Waals surface area contributed by atoms with Crippen LogP contribution in [-0.2, 0) is 16.0 Å². The summed E-state index contributed by atoms with van der Waals surface area (Å²) < 4.78 is 12.1. The lowest BCUT2D eigenvalue weighted by Crippen LogP contribution is -2.49. The molecule has 0 radical (unpaired) electrons. The van der Waals surface area contributed by atoms with Gasteiger partial charge >= 0.3 is 0 Å². The van der Waals surface area contributed by atoms with Crippen LogP contribution in [0.1, 0.15) is 5.56 Å². The van der Waals surface area contributed by atoms with E-state index in [1.807, 2.05) is 0 Å². The van der Waals surface area contributed by atoms with Gasteiger partial charge in [-0.2, -0.15) is 0 Å². The smallest absolute Gasteiger partial charge is 0.276 e. The van der Waals surface area contributed by atoms with Gasteiger partial charge in [0.1, 0.15) is 11.5 Å². The molecule has 0 saturated heterocycles. The molecule has 2 aromatic carbocycles. The van der Waals surface area contributed by atoms with Gasteiger partial charge in [-0.1, -0.05) is 28.1 Å². The number of hydrogen-bond acceptors (Lipinski definition) is 5. The number of carbonyl (C=O) groups excluding carboxylic acids is 2. The lowest BCUT2D eigenvalue weighted by molar-refractivity contribution is -0.124. The molecule has 10 heteroatoms. The highest BCUT2D eigenvalue weighted by Gasteiger charge is 2.09. The largest absolute Gasteiger partial charge is 0.497 e. The molecular formula is C18H17Br2N3O4S. The first-order valence-electron chi connectivity index (χ1n) is 7.97. The molecule has 28 heavy (non-hydrogen) atoms. The summed E-state index contributed by atoms with van der Waals surface area (Å²) in [5.41, 5.74) is 5.62. The molecule has 0 aliphatic carbocycles. The van der Waals surface area contributed by atoms with Crippen molar-refractivity contribution in [2.75, 3.05) is 13.7 Å². The maximum Gasteiger partial charge on any atom is 0.276 e. The van der Waals surface area contributed by atoms with E-state index < -0.39 is 5.91 Å². The summed E-state index contributed by atoms with van der Waals surface area (Å²) in [5.74, 6) is 0.462. The lowest BCUT2D eigenvalue weighted by Gasteiger charge is -2.12. The summed E-state index contributed by atoms with van der Waals surface area (Å²) in [6.45, 7) is -0.227. The zero-order valence-electron chi connectivity index (χ0n) is 14.8. The maximum atomic E-state index is 12.0. The fraction of sp³-hybridized carbons (Fsp3) is 0.167. The second-order valence-corrected chi connectivity index (χ2v) is 7.62. The molecule has 0 spiro atoms. The molecule has 0 unspecified atom stereocenters. The third-order valence-corrected chi connectivity index (χ3v) is 4.66. The highest BCUT2D eigenvalue weighted by atomic mass is 79.9. The van der Waals surface area contributed by atoms with Crippen LogP contribution in [0.2, 0.25) is 0 Å². The number of amides is 2. The molecule has 2 rings (SSSR count). The van der Waals surface area contributed by atoms with Gasteiger partial charge in [-0.25, -0.2) is 0 Å². The Bertz CT molecular complexity index is 862. The summed E-state index contributed by atoms with van der Waals surface area (Å²) in [6, 6.07) is 12.4. The number of halogens is 2. The average Bonchev–Trinajstić information content (AvgIpc) is 2.66. The minimum atomic E-state index is -0.457. The van der Waals surface area contributed by atoms with Gasteiger partial charge in [-0.15, -0.1) is 0 Å². The SMILES string of the molecule is COc1ccc(CC(=O)NC(=S)NNC(=O)COc2ccc(Br)cc2Br)cc1. The van der Waals surface area contributed by atoms with Gasteiger partial charge < -0.3 is 14.8 Å². The summed E-state index contributed by atoms with van der Waals surface area (Å²) in [7, 11) is 1.57. The third kappa shape index (κ3) is 7.45.